The third-order valence-corrected chi connectivity index (χ3v) is 5.75. The number of para-hydroxylation sites is 1. The Hall–Kier alpha value is -2.02. The highest BCUT2D eigenvalue weighted by atomic mass is 32.2. The van der Waals surface area contributed by atoms with E-state index in [0.29, 0.717) is 11.8 Å². The molecular weight excluding hydrogens is 360 g/mol. The second-order valence-electron chi connectivity index (χ2n) is 6.85. The molecule has 146 valence electrons. The van der Waals surface area contributed by atoms with Gasteiger partial charge < -0.3 is 14.6 Å². The smallest absolute Gasteiger partial charge is 0.230 e. The minimum Gasteiger partial charge on any atom is -0.483 e. The maximum absolute atomic E-state index is 12.3. The first-order valence-corrected chi connectivity index (χ1v) is 10.7. The Kier molecular flexibility index (Phi) is 7.15. The van der Waals surface area contributed by atoms with Gasteiger partial charge in [0.25, 0.3) is 0 Å². The van der Waals surface area contributed by atoms with Crippen LogP contribution in [0.4, 0.5) is 0 Å². The minimum atomic E-state index is -0.217. The summed E-state index contributed by atoms with van der Waals surface area (Å²) >= 11 is 1.43. The molecule has 0 radical (unpaired) electrons. The van der Waals surface area contributed by atoms with Gasteiger partial charge >= 0.3 is 0 Å². The lowest BCUT2D eigenvalue weighted by molar-refractivity contribution is -0.119. The number of thioether (sulfide) groups is 1. The zero-order chi connectivity index (χ0) is 19.1. The van der Waals surface area contributed by atoms with E-state index in [-0.39, 0.29) is 12.0 Å². The number of carbonyl (C=O) groups is 1. The predicted octanol–water partition coefficient (Wildman–Crippen LogP) is 3.98. The van der Waals surface area contributed by atoms with E-state index < -0.39 is 0 Å². The number of ether oxygens (including phenoxy) is 1. The van der Waals surface area contributed by atoms with E-state index in [1.165, 1.54) is 31.0 Å². The van der Waals surface area contributed by atoms with Crippen molar-refractivity contribution in [2.45, 2.75) is 69.8 Å². The van der Waals surface area contributed by atoms with Crippen LogP contribution in [0.25, 0.3) is 0 Å². The number of benzene rings is 1. The van der Waals surface area contributed by atoms with Crippen molar-refractivity contribution in [3.05, 3.63) is 36.2 Å². The van der Waals surface area contributed by atoms with E-state index in [1.54, 1.807) is 0 Å². The van der Waals surface area contributed by atoms with Crippen LogP contribution >= 0.6 is 11.8 Å². The number of amides is 1. The number of aromatic nitrogens is 3. The van der Waals surface area contributed by atoms with Gasteiger partial charge in [0.15, 0.2) is 17.1 Å². The van der Waals surface area contributed by atoms with Gasteiger partial charge in [0, 0.05) is 12.6 Å². The highest BCUT2D eigenvalue weighted by Crippen LogP contribution is 2.24. The summed E-state index contributed by atoms with van der Waals surface area (Å²) in [5.74, 6) is 2.02. The van der Waals surface area contributed by atoms with Gasteiger partial charge in [-0.05, 0) is 38.8 Å². The van der Waals surface area contributed by atoms with Gasteiger partial charge in [-0.2, -0.15) is 0 Å². The Morgan fingerprint density at radius 3 is 2.70 bits per heavy atom. The first-order chi connectivity index (χ1) is 13.2. The molecule has 1 aliphatic carbocycles. The van der Waals surface area contributed by atoms with Gasteiger partial charge in [-0.25, -0.2) is 0 Å². The monoisotopic (exact) mass is 388 g/mol. The molecule has 27 heavy (non-hydrogen) atoms. The minimum absolute atomic E-state index is 0.0766. The summed E-state index contributed by atoms with van der Waals surface area (Å²) in [6.07, 6.45) is 5.69. The molecule has 2 aromatic rings. The highest BCUT2D eigenvalue weighted by molar-refractivity contribution is 7.99. The molecule has 1 atom stereocenters. The molecule has 1 aromatic carbocycles. The number of nitrogens with zero attached hydrogens (tertiary/aromatic N) is 3. The molecule has 1 heterocycles. The SMILES string of the molecule is CCn1c(SCC(=O)NC2CCCCC2)nnc1[C@@H](C)Oc1ccccc1. The summed E-state index contributed by atoms with van der Waals surface area (Å²) in [6.45, 7) is 4.75. The van der Waals surface area contributed by atoms with E-state index in [9.17, 15) is 4.79 Å². The predicted molar refractivity (Wildman–Crippen MR) is 107 cm³/mol. The summed E-state index contributed by atoms with van der Waals surface area (Å²) in [4.78, 5) is 12.3. The first kappa shape index (κ1) is 19.7. The van der Waals surface area contributed by atoms with Crippen LogP contribution in [0.5, 0.6) is 5.75 Å². The van der Waals surface area contributed by atoms with Gasteiger partial charge in [0.05, 0.1) is 5.75 Å². The fraction of sp³-hybridized carbons (Fsp3) is 0.550. The molecule has 0 spiro atoms. The van der Waals surface area contributed by atoms with Crippen LogP contribution in [0.3, 0.4) is 0 Å². The summed E-state index contributed by atoms with van der Waals surface area (Å²) in [7, 11) is 0. The lowest BCUT2D eigenvalue weighted by Crippen LogP contribution is -2.37. The molecule has 0 aliphatic heterocycles. The van der Waals surface area contributed by atoms with Gasteiger partial charge in [-0.1, -0.05) is 49.2 Å². The van der Waals surface area contributed by atoms with Crippen LogP contribution in [0.1, 0.15) is 57.9 Å². The zero-order valence-corrected chi connectivity index (χ0v) is 16.9. The molecule has 1 amide bonds. The Balaban J connectivity index is 1.57. The van der Waals surface area contributed by atoms with Crippen LogP contribution in [-0.4, -0.2) is 32.5 Å². The third kappa shape index (κ3) is 5.48. The van der Waals surface area contributed by atoms with Crippen LogP contribution in [-0.2, 0) is 11.3 Å². The highest BCUT2D eigenvalue weighted by Gasteiger charge is 2.20. The fourth-order valence-corrected chi connectivity index (χ4v) is 4.23. The van der Waals surface area contributed by atoms with Crippen molar-refractivity contribution in [2.75, 3.05) is 5.75 Å². The second-order valence-corrected chi connectivity index (χ2v) is 7.79. The van der Waals surface area contributed by atoms with E-state index in [1.807, 2.05) is 48.7 Å². The molecule has 7 heteroatoms. The molecule has 0 bridgehead atoms. The van der Waals surface area contributed by atoms with E-state index in [2.05, 4.69) is 15.5 Å². The van der Waals surface area contributed by atoms with Gasteiger partial charge in [0.1, 0.15) is 5.75 Å². The summed E-state index contributed by atoms with van der Waals surface area (Å²) in [6, 6.07) is 10.0. The maximum Gasteiger partial charge on any atom is 0.230 e. The standard InChI is InChI=1S/C20H28N4O2S/c1-3-24-19(15(2)26-17-12-8-5-9-13-17)22-23-20(24)27-14-18(25)21-16-10-6-4-7-11-16/h5,8-9,12-13,15-16H,3-4,6-7,10-11,14H2,1-2H3,(H,21,25)/t15-/m1/s1. The van der Waals surface area contributed by atoms with Crippen molar-refractivity contribution in [2.24, 2.45) is 0 Å². The van der Waals surface area contributed by atoms with Crippen molar-refractivity contribution in [1.82, 2.24) is 20.1 Å². The number of rotatable bonds is 8. The number of carbonyl (C=O) groups excluding carboxylic acids is 1. The number of nitrogens with one attached hydrogen (secondary N) is 1. The zero-order valence-electron chi connectivity index (χ0n) is 16.1. The molecular formula is C20H28N4O2S. The summed E-state index contributed by atoms with van der Waals surface area (Å²) in [5.41, 5.74) is 0. The average Bonchev–Trinajstić information content (AvgIpc) is 3.11. The third-order valence-electron chi connectivity index (χ3n) is 4.78. The Morgan fingerprint density at radius 2 is 2.00 bits per heavy atom. The molecule has 1 aliphatic rings. The van der Waals surface area contributed by atoms with Crippen molar-refractivity contribution in [3.63, 3.8) is 0 Å². The largest absolute Gasteiger partial charge is 0.483 e. The van der Waals surface area contributed by atoms with Crippen molar-refractivity contribution < 1.29 is 9.53 Å². The maximum atomic E-state index is 12.3. The quantitative estimate of drug-likeness (QED) is 0.693. The van der Waals surface area contributed by atoms with Crippen LogP contribution in [0, 0.1) is 0 Å². The molecule has 1 aromatic heterocycles. The van der Waals surface area contributed by atoms with Crippen molar-refractivity contribution in [3.8, 4) is 5.75 Å². The van der Waals surface area contributed by atoms with Gasteiger partial charge in [-0.15, -0.1) is 10.2 Å². The van der Waals surface area contributed by atoms with Crippen LogP contribution < -0.4 is 10.1 Å². The van der Waals surface area contributed by atoms with Crippen LogP contribution in [0.15, 0.2) is 35.5 Å². The normalized spacial score (nSPS) is 16.1. The molecule has 1 saturated carbocycles. The number of hydrogen-bond acceptors (Lipinski definition) is 5. The van der Waals surface area contributed by atoms with E-state index in [0.717, 1.165) is 36.1 Å². The molecule has 0 unspecified atom stereocenters. The van der Waals surface area contributed by atoms with Crippen molar-refractivity contribution >= 4 is 17.7 Å². The van der Waals surface area contributed by atoms with Gasteiger partial charge in [-0.3, -0.25) is 4.79 Å². The topological polar surface area (TPSA) is 69.0 Å². The first-order valence-electron chi connectivity index (χ1n) is 9.74. The van der Waals surface area contributed by atoms with E-state index in [4.69, 9.17) is 4.74 Å². The van der Waals surface area contributed by atoms with Crippen LogP contribution in [0.2, 0.25) is 0 Å². The fourth-order valence-electron chi connectivity index (χ4n) is 3.41. The van der Waals surface area contributed by atoms with Crippen molar-refractivity contribution in [1.29, 1.82) is 0 Å². The lowest BCUT2D eigenvalue weighted by Gasteiger charge is -2.22. The lowest BCUT2D eigenvalue weighted by atomic mass is 9.95. The van der Waals surface area contributed by atoms with Gasteiger partial charge in [0.2, 0.25) is 5.91 Å². The molecule has 1 fully saturated rings. The second kappa shape index (κ2) is 9.78. The summed E-state index contributed by atoms with van der Waals surface area (Å²) in [5, 5.41) is 12.5. The Morgan fingerprint density at radius 1 is 1.26 bits per heavy atom. The molecule has 1 N–H and O–H groups in total. The number of hydrogen-bond donors (Lipinski definition) is 1. The Bertz CT molecular complexity index is 729. The average molecular weight is 389 g/mol. The molecule has 0 saturated heterocycles. The summed E-state index contributed by atoms with van der Waals surface area (Å²) < 4.78 is 7.99. The van der Waals surface area contributed by atoms with E-state index >= 15 is 0 Å². The molecule has 6 nitrogen and oxygen atoms in total. The Labute approximate surface area is 165 Å². The molecule has 3 rings (SSSR count).